The third kappa shape index (κ3) is 3.89. The van der Waals surface area contributed by atoms with Crippen LogP contribution in [0.15, 0.2) is 59.4 Å². The highest BCUT2D eigenvalue weighted by Gasteiger charge is 2.26. The van der Waals surface area contributed by atoms with E-state index in [9.17, 15) is 0 Å². The Morgan fingerprint density at radius 1 is 0.765 bits per heavy atom. The van der Waals surface area contributed by atoms with Crippen LogP contribution in [0, 0.1) is 0 Å². The van der Waals surface area contributed by atoms with Crippen LogP contribution in [-0.4, -0.2) is 79.4 Å². The molecule has 0 N–H and O–H groups in total. The van der Waals surface area contributed by atoms with Crippen LogP contribution in [0.2, 0.25) is 0 Å². The summed E-state index contributed by atoms with van der Waals surface area (Å²) in [5.74, 6) is 2.67. The molecule has 0 aliphatic carbocycles. The second-order valence-electron chi connectivity index (χ2n) is 8.84. The molecule has 2 aliphatic rings. The lowest BCUT2D eigenvalue weighted by atomic mass is 10.00. The van der Waals surface area contributed by atoms with Crippen molar-refractivity contribution >= 4 is 22.7 Å². The fourth-order valence-corrected chi connectivity index (χ4v) is 4.76. The summed E-state index contributed by atoms with van der Waals surface area (Å²) in [6, 6.07) is 14.5. The van der Waals surface area contributed by atoms with Crippen LogP contribution in [0.4, 0.5) is 11.6 Å². The molecule has 2 fully saturated rings. The number of anilines is 2. The van der Waals surface area contributed by atoms with Gasteiger partial charge in [0.05, 0.1) is 18.6 Å². The lowest BCUT2D eigenvalue weighted by Gasteiger charge is -2.33. The predicted molar refractivity (Wildman–Crippen MR) is 133 cm³/mol. The minimum absolute atomic E-state index is 0.607. The highest BCUT2D eigenvalue weighted by atomic mass is 16.5. The fraction of sp³-hybridized carbons (Fsp3) is 0.346. The highest BCUT2D eigenvalue weighted by Crippen LogP contribution is 2.43. The van der Waals surface area contributed by atoms with Gasteiger partial charge in [-0.3, -0.25) is 0 Å². The number of furan rings is 1. The zero-order valence-corrected chi connectivity index (χ0v) is 19.4. The average molecular weight is 457 g/mol. The first-order valence-corrected chi connectivity index (χ1v) is 11.8. The Hall–Kier alpha value is -3.49. The second kappa shape index (κ2) is 9.04. The van der Waals surface area contributed by atoms with E-state index in [0.29, 0.717) is 5.71 Å². The number of hydrogen-bond donors (Lipinski definition) is 0. The summed E-state index contributed by atoms with van der Waals surface area (Å²) in [5, 5.41) is 0.963. The van der Waals surface area contributed by atoms with Gasteiger partial charge < -0.3 is 23.9 Å². The molecule has 0 unspecified atom stereocenters. The van der Waals surface area contributed by atoms with Gasteiger partial charge in [-0.2, -0.15) is 0 Å². The van der Waals surface area contributed by atoms with E-state index in [1.807, 2.05) is 12.3 Å². The van der Waals surface area contributed by atoms with Crippen LogP contribution in [0.5, 0.6) is 0 Å². The predicted octanol–water partition coefficient (Wildman–Crippen LogP) is 3.54. The van der Waals surface area contributed by atoms with Crippen molar-refractivity contribution in [3.63, 3.8) is 0 Å². The highest BCUT2D eigenvalue weighted by molar-refractivity contribution is 6.06. The van der Waals surface area contributed by atoms with Gasteiger partial charge in [-0.1, -0.05) is 30.3 Å². The quantitative estimate of drug-likeness (QED) is 0.462. The number of pyridine rings is 1. The molecule has 8 nitrogen and oxygen atoms in total. The van der Waals surface area contributed by atoms with Gasteiger partial charge in [0.15, 0.2) is 0 Å². The fourth-order valence-electron chi connectivity index (χ4n) is 4.76. The summed E-state index contributed by atoms with van der Waals surface area (Å²) in [4.78, 5) is 20.9. The van der Waals surface area contributed by atoms with Crippen molar-refractivity contribution in [2.45, 2.75) is 0 Å². The Balaban J connectivity index is 1.47. The molecule has 0 radical (unpaired) electrons. The van der Waals surface area contributed by atoms with E-state index in [1.165, 1.54) is 0 Å². The van der Waals surface area contributed by atoms with Gasteiger partial charge in [0.25, 0.3) is 0 Å². The average Bonchev–Trinajstić information content (AvgIpc) is 3.30. The molecule has 2 aliphatic heterocycles. The van der Waals surface area contributed by atoms with Crippen LogP contribution in [-0.2, 0) is 4.74 Å². The Morgan fingerprint density at radius 2 is 1.56 bits per heavy atom. The van der Waals surface area contributed by atoms with E-state index >= 15 is 0 Å². The number of piperazine rings is 1. The van der Waals surface area contributed by atoms with Gasteiger partial charge >= 0.3 is 0 Å². The summed E-state index contributed by atoms with van der Waals surface area (Å²) in [7, 11) is 2.16. The maximum atomic E-state index is 6.42. The monoisotopic (exact) mass is 456 g/mol. The van der Waals surface area contributed by atoms with Gasteiger partial charge in [0.2, 0.25) is 5.71 Å². The summed E-state index contributed by atoms with van der Waals surface area (Å²) in [6.07, 6.45) is 3.51. The van der Waals surface area contributed by atoms with Gasteiger partial charge in [-0.25, -0.2) is 15.0 Å². The van der Waals surface area contributed by atoms with Crippen molar-refractivity contribution in [1.82, 2.24) is 19.9 Å². The summed E-state index contributed by atoms with van der Waals surface area (Å²) >= 11 is 0. The van der Waals surface area contributed by atoms with Gasteiger partial charge in [0.1, 0.15) is 23.7 Å². The van der Waals surface area contributed by atoms with Crippen LogP contribution >= 0.6 is 0 Å². The standard InChI is InChI=1S/C26H28N6O2/c1-30-9-11-32(12-10-30)25-23-22(19-5-3-2-4-6-19)24(34-26(23)29-18-28-25)20-7-8-21(27-17-20)31-13-15-33-16-14-31/h2-8,17-18H,9-16H2,1H3. The number of ether oxygens (including phenoxy) is 1. The molecule has 3 aromatic heterocycles. The number of hydrogen-bond acceptors (Lipinski definition) is 8. The van der Waals surface area contributed by atoms with E-state index in [1.54, 1.807) is 6.33 Å². The molecule has 4 aromatic rings. The molecule has 0 atom stereocenters. The molecule has 0 bridgehead atoms. The zero-order chi connectivity index (χ0) is 22.9. The third-order valence-corrected chi connectivity index (χ3v) is 6.68. The van der Waals surface area contributed by atoms with E-state index < -0.39 is 0 Å². The molecule has 0 saturated carbocycles. The van der Waals surface area contributed by atoms with Crippen molar-refractivity contribution in [1.29, 1.82) is 0 Å². The smallest absolute Gasteiger partial charge is 0.232 e. The SMILES string of the molecule is CN1CCN(c2ncnc3oc(-c4ccc(N5CCOCC5)nc4)c(-c4ccccc4)c23)CC1. The van der Waals surface area contributed by atoms with Crippen LogP contribution < -0.4 is 9.80 Å². The maximum absolute atomic E-state index is 6.42. The second-order valence-corrected chi connectivity index (χ2v) is 8.84. The Morgan fingerprint density at radius 3 is 2.29 bits per heavy atom. The minimum Gasteiger partial charge on any atom is -0.437 e. The first-order chi connectivity index (χ1) is 16.8. The van der Waals surface area contributed by atoms with Crippen LogP contribution in [0.1, 0.15) is 0 Å². The zero-order valence-electron chi connectivity index (χ0n) is 19.4. The van der Waals surface area contributed by atoms with Crippen molar-refractivity contribution in [3.05, 3.63) is 55.0 Å². The normalized spacial score (nSPS) is 17.4. The Kier molecular flexibility index (Phi) is 5.60. The number of fused-ring (bicyclic) bond motifs is 1. The summed E-state index contributed by atoms with van der Waals surface area (Å²) in [6.45, 7) is 7.04. The Bertz CT molecular complexity index is 1260. The first-order valence-electron chi connectivity index (χ1n) is 11.8. The van der Waals surface area contributed by atoms with E-state index in [0.717, 1.165) is 92.0 Å². The molecule has 0 amide bonds. The number of nitrogens with zero attached hydrogens (tertiary/aromatic N) is 6. The number of rotatable bonds is 4. The summed E-state index contributed by atoms with van der Waals surface area (Å²) in [5.41, 5.74) is 3.64. The molecule has 34 heavy (non-hydrogen) atoms. The molecule has 2 saturated heterocycles. The van der Waals surface area contributed by atoms with Crippen molar-refractivity contribution in [3.8, 4) is 22.5 Å². The molecule has 8 heteroatoms. The lowest BCUT2D eigenvalue weighted by molar-refractivity contribution is 0.122. The van der Waals surface area contributed by atoms with E-state index in [2.05, 4.69) is 63.1 Å². The molecular weight excluding hydrogens is 428 g/mol. The van der Waals surface area contributed by atoms with Gasteiger partial charge in [0, 0.05) is 56.6 Å². The topological polar surface area (TPSA) is 70.8 Å². The van der Waals surface area contributed by atoms with E-state index in [-0.39, 0.29) is 0 Å². The largest absolute Gasteiger partial charge is 0.437 e. The maximum Gasteiger partial charge on any atom is 0.232 e. The molecule has 6 rings (SSSR count). The van der Waals surface area contributed by atoms with Crippen molar-refractivity contribution in [2.24, 2.45) is 0 Å². The third-order valence-electron chi connectivity index (χ3n) is 6.68. The molecule has 5 heterocycles. The molecule has 174 valence electrons. The van der Waals surface area contributed by atoms with Crippen molar-refractivity contribution < 1.29 is 9.15 Å². The number of morpholine rings is 1. The molecule has 1 aromatic carbocycles. The van der Waals surface area contributed by atoms with Crippen molar-refractivity contribution in [2.75, 3.05) is 69.3 Å². The lowest BCUT2D eigenvalue weighted by Crippen LogP contribution is -2.44. The van der Waals surface area contributed by atoms with Gasteiger partial charge in [-0.15, -0.1) is 0 Å². The first kappa shape index (κ1) is 21.1. The van der Waals surface area contributed by atoms with E-state index in [4.69, 9.17) is 19.1 Å². The molecular formula is C26H28N6O2. The number of benzene rings is 1. The molecule has 0 spiro atoms. The van der Waals surface area contributed by atoms with Crippen LogP contribution in [0.25, 0.3) is 33.6 Å². The van der Waals surface area contributed by atoms with Crippen LogP contribution in [0.3, 0.4) is 0 Å². The number of likely N-dealkylation sites (N-methyl/N-ethyl adjacent to an activating group) is 1. The summed E-state index contributed by atoms with van der Waals surface area (Å²) < 4.78 is 11.9. The number of aromatic nitrogens is 3. The minimum atomic E-state index is 0.607. The van der Waals surface area contributed by atoms with Gasteiger partial charge in [-0.05, 0) is 24.7 Å². The Labute approximate surface area is 198 Å².